The van der Waals surface area contributed by atoms with E-state index >= 15 is 0 Å². The summed E-state index contributed by atoms with van der Waals surface area (Å²) in [6, 6.07) is 18.1. The standard InChI is InChI=1S/C32H32FN7O3.2H2/c1-21-3-4-23(18-26(21)22-7-9-35-30(33)17-22)37-32-38-27-19-24(5-6-29(27)39(32)2)43-25-8-10-34-28(20-25)31(41)36-11-12-40-13-15-42-16-14-40;;/h3-10,17-20H,11-16H2,1-2H3,(H,36,41)(H,37,38);2*1H. The van der Waals surface area contributed by atoms with Crippen LogP contribution in [0, 0.1) is 12.9 Å². The molecule has 0 spiro atoms. The van der Waals surface area contributed by atoms with Gasteiger partial charge in [0.25, 0.3) is 5.91 Å². The molecule has 1 fully saturated rings. The van der Waals surface area contributed by atoms with Crippen LogP contribution in [0.3, 0.4) is 0 Å². The van der Waals surface area contributed by atoms with E-state index in [1.807, 2.05) is 54.9 Å². The van der Waals surface area contributed by atoms with Crippen molar-refractivity contribution in [2.75, 3.05) is 44.7 Å². The summed E-state index contributed by atoms with van der Waals surface area (Å²) >= 11 is 0. The maximum Gasteiger partial charge on any atom is 0.270 e. The largest absolute Gasteiger partial charge is 0.457 e. The summed E-state index contributed by atoms with van der Waals surface area (Å²) in [4.78, 5) is 27.6. The molecule has 0 bridgehead atoms. The molecule has 224 valence electrons. The highest BCUT2D eigenvalue weighted by Crippen LogP contribution is 2.31. The molecular weight excluding hydrogens is 549 g/mol. The van der Waals surface area contributed by atoms with Gasteiger partial charge < -0.3 is 24.7 Å². The molecule has 6 rings (SSSR count). The minimum Gasteiger partial charge on any atom is -0.457 e. The van der Waals surface area contributed by atoms with Gasteiger partial charge in [-0.05, 0) is 60.0 Å². The van der Waals surface area contributed by atoms with Crippen LogP contribution in [0.15, 0.2) is 73.1 Å². The Morgan fingerprint density at radius 3 is 2.67 bits per heavy atom. The number of hydrogen-bond donors (Lipinski definition) is 2. The number of carbonyl (C=O) groups is 1. The Morgan fingerprint density at radius 1 is 1.02 bits per heavy atom. The van der Waals surface area contributed by atoms with E-state index in [1.165, 1.54) is 12.3 Å². The lowest BCUT2D eigenvalue weighted by molar-refractivity contribution is 0.0383. The number of hydrogen-bond acceptors (Lipinski definition) is 8. The van der Waals surface area contributed by atoms with Gasteiger partial charge in [-0.1, -0.05) is 6.07 Å². The number of aromatic nitrogens is 4. The van der Waals surface area contributed by atoms with Gasteiger partial charge in [-0.3, -0.25) is 14.7 Å². The number of benzene rings is 2. The van der Waals surface area contributed by atoms with Crippen LogP contribution < -0.4 is 15.4 Å². The van der Waals surface area contributed by atoms with Crippen LogP contribution in [0.1, 0.15) is 18.9 Å². The van der Waals surface area contributed by atoms with E-state index < -0.39 is 5.95 Å². The first kappa shape index (κ1) is 28.3. The Balaban J connectivity index is 0.00000230. The average Bonchev–Trinajstić information content (AvgIpc) is 3.32. The number of imidazole rings is 1. The first-order valence-electron chi connectivity index (χ1n) is 14.1. The number of fused-ring (bicyclic) bond motifs is 1. The second-order valence-corrected chi connectivity index (χ2v) is 10.4. The van der Waals surface area contributed by atoms with Crippen LogP contribution in [-0.2, 0) is 11.8 Å². The van der Waals surface area contributed by atoms with Crippen molar-refractivity contribution in [1.82, 2.24) is 29.7 Å². The van der Waals surface area contributed by atoms with E-state index in [1.54, 1.807) is 24.4 Å². The molecule has 10 nitrogen and oxygen atoms in total. The van der Waals surface area contributed by atoms with Gasteiger partial charge in [-0.2, -0.15) is 4.39 Å². The molecule has 2 aromatic carbocycles. The van der Waals surface area contributed by atoms with Gasteiger partial charge in [0.05, 0.1) is 24.2 Å². The van der Waals surface area contributed by atoms with Crippen molar-refractivity contribution in [3.8, 4) is 22.6 Å². The van der Waals surface area contributed by atoms with Gasteiger partial charge in [-0.25, -0.2) is 9.97 Å². The SMILES string of the molecule is Cc1ccc(Nc2nc3cc(Oc4ccnc(C(=O)NCCN5CCOCC5)c4)ccc3n2C)cc1-c1ccnc(F)c1.[HH].[HH]. The third-order valence-corrected chi connectivity index (χ3v) is 7.40. The van der Waals surface area contributed by atoms with Crippen LogP contribution in [0.2, 0.25) is 0 Å². The summed E-state index contributed by atoms with van der Waals surface area (Å²) in [5.74, 6) is 0.959. The molecular formula is C32H36FN7O3. The van der Waals surface area contributed by atoms with Crippen LogP contribution in [0.25, 0.3) is 22.2 Å². The number of pyridine rings is 2. The highest BCUT2D eigenvalue weighted by molar-refractivity contribution is 5.92. The van der Waals surface area contributed by atoms with Crippen molar-refractivity contribution >= 4 is 28.6 Å². The van der Waals surface area contributed by atoms with Crippen LogP contribution >= 0.6 is 0 Å². The molecule has 0 atom stereocenters. The first-order chi connectivity index (χ1) is 20.9. The molecule has 0 unspecified atom stereocenters. The fourth-order valence-electron chi connectivity index (χ4n) is 5.04. The lowest BCUT2D eigenvalue weighted by Gasteiger charge is -2.26. The second-order valence-electron chi connectivity index (χ2n) is 10.4. The number of amides is 1. The van der Waals surface area contributed by atoms with Gasteiger partial charge >= 0.3 is 0 Å². The predicted molar refractivity (Wildman–Crippen MR) is 166 cm³/mol. The lowest BCUT2D eigenvalue weighted by atomic mass is 10.0. The zero-order valence-corrected chi connectivity index (χ0v) is 24.0. The fraction of sp³-hybridized carbons (Fsp3) is 0.250. The fourth-order valence-corrected chi connectivity index (χ4v) is 5.04. The van der Waals surface area contributed by atoms with E-state index in [0.29, 0.717) is 24.0 Å². The Kier molecular flexibility index (Phi) is 8.25. The number of nitrogens with one attached hydrogen (secondary N) is 2. The average molecular weight is 586 g/mol. The van der Waals surface area contributed by atoms with E-state index in [2.05, 4.69) is 25.5 Å². The number of nitrogens with zero attached hydrogens (tertiary/aromatic N) is 5. The number of anilines is 2. The highest BCUT2D eigenvalue weighted by Gasteiger charge is 2.14. The number of halogens is 1. The minimum absolute atomic E-state index is 0. The van der Waals surface area contributed by atoms with Gasteiger partial charge in [0, 0.05) is 72.4 Å². The highest BCUT2D eigenvalue weighted by atomic mass is 19.1. The zero-order valence-electron chi connectivity index (χ0n) is 24.0. The predicted octanol–water partition coefficient (Wildman–Crippen LogP) is 5.57. The normalized spacial score (nSPS) is 13.7. The van der Waals surface area contributed by atoms with E-state index in [9.17, 15) is 9.18 Å². The maximum absolute atomic E-state index is 13.8. The van der Waals surface area contributed by atoms with Gasteiger partial charge in [-0.15, -0.1) is 0 Å². The molecule has 11 heteroatoms. The summed E-state index contributed by atoms with van der Waals surface area (Å²) < 4.78 is 27.2. The molecule has 2 N–H and O–H groups in total. The molecule has 4 heterocycles. The smallest absolute Gasteiger partial charge is 0.270 e. The van der Waals surface area contributed by atoms with Gasteiger partial charge in [0.2, 0.25) is 11.9 Å². The van der Waals surface area contributed by atoms with Crippen molar-refractivity contribution in [2.45, 2.75) is 6.92 Å². The summed E-state index contributed by atoms with van der Waals surface area (Å²) in [5.41, 5.74) is 5.44. The molecule has 43 heavy (non-hydrogen) atoms. The zero-order chi connectivity index (χ0) is 29.8. The monoisotopic (exact) mass is 585 g/mol. The Hall–Kier alpha value is -4.87. The summed E-state index contributed by atoms with van der Waals surface area (Å²) in [6.45, 7) is 6.47. The third-order valence-electron chi connectivity index (χ3n) is 7.40. The number of carbonyl (C=O) groups excluding carboxylic acids is 1. The first-order valence-corrected chi connectivity index (χ1v) is 14.1. The van der Waals surface area contributed by atoms with Crippen LogP contribution in [0.5, 0.6) is 11.5 Å². The number of aryl methyl sites for hydroxylation is 2. The van der Waals surface area contributed by atoms with Crippen LogP contribution in [-0.4, -0.2) is 69.7 Å². The van der Waals surface area contributed by atoms with Crippen LogP contribution in [0.4, 0.5) is 16.0 Å². The molecule has 0 aliphatic carbocycles. The molecule has 0 radical (unpaired) electrons. The summed E-state index contributed by atoms with van der Waals surface area (Å²) in [5, 5.41) is 6.31. The maximum atomic E-state index is 13.8. The molecule has 0 saturated carbocycles. The third kappa shape index (κ3) is 6.63. The van der Waals surface area contributed by atoms with Crippen molar-refractivity contribution in [1.29, 1.82) is 0 Å². The molecule has 1 amide bonds. The van der Waals surface area contributed by atoms with Crippen molar-refractivity contribution in [2.24, 2.45) is 7.05 Å². The quantitative estimate of drug-likeness (QED) is 0.216. The number of rotatable bonds is 9. The van der Waals surface area contributed by atoms with E-state index in [0.717, 1.165) is 66.3 Å². The summed E-state index contributed by atoms with van der Waals surface area (Å²) in [6.07, 6.45) is 3.02. The van der Waals surface area contributed by atoms with E-state index in [-0.39, 0.29) is 14.5 Å². The van der Waals surface area contributed by atoms with Gasteiger partial charge in [0.15, 0.2) is 0 Å². The van der Waals surface area contributed by atoms with Crippen molar-refractivity contribution in [3.05, 3.63) is 90.3 Å². The molecule has 1 aliphatic heterocycles. The van der Waals surface area contributed by atoms with Gasteiger partial charge in [0.1, 0.15) is 17.2 Å². The number of ether oxygens (including phenoxy) is 2. The molecule has 5 aromatic rings. The van der Waals surface area contributed by atoms with Crippen molar-refractivity contribution in [3.63, 3.8) is 0 Å². The minimum atomic E-state index is -0.519. The second kappa shape index (κ2) is 12.6. The summed E-state index contributed by atoms with van der Waals surface area (Å²) in [7, 11) is 1.93. The molecule has 1 saturated heterocycles. The molecule has 3 aromatic heterocycles. The molecule has 1 aliphatic rings. The number of morpholine rings is 1. The Labute approximate surface area is 251 Å². The topological polar surface area (TPSA) is 106 Å². The van der Waals surface area contributed by atoms with E-state index in [4.69, 9.17) is 14.5 Å². The van der Waals surface area contributed by atoms with Crippen molar-refractivity contribution < 1.29 is 21.5 Å². The Morgan fingerprint density at radius 2 is 1.84 bits per heavy atom. The lowest BCUT2D eigenvalue weighted by Crippen LogP contribution is -2.41. The Bertz CT molecular complexity index is 1780.